The van der Waals surface area contributed by atoms with Crippen LogP contribution in [0.3, 0.4) is 0 Å². The van der Waals surface area contributed by atoms with Crippen molar-refractivity contribution in [1.29, 1.82) is 0 Å². The molecule has 0 aliphatic carbocycles. The number of ether oxygens (including phenoxy) is 1. The number of carbonyl (C=O) groups is 1. The Morgan fingerprint density at radius 1 is 1.22 bits per heavy atom. The molecular formula is C17H24Cl2N2O2. The Bertz CT molecular complexity index is 523. The van der Waals surface area contributed by atoms with Gasteiger partial charge in [0.2, 0.25) is 0 Å². The van der Waals surface area contributed by atoms with Gasteiger partial charge in [-0.05, 0) is 62.4 Å². The van der Waals surface area contributed by atoms with Gasteiger partial charge >= 0.3 is 0 Å². The van der Waals surface area contributed by atoms with Crippen molar-refractivity contribution in [2.75, 3.05) is 32.8 Å². The van der Waals surface area contributed by atoms with Crippen LogP contribution in [0.25, 0.3) is 0 Å². The predicted octanol–water partition coefficient (Wildman–Crippen LogP) is 3.13. The molecule has 0 saturated carbocycles. The number of nitrogens with one attached hydrogen (secondary N) is 1. The SMILES string of the molecule is Cl.O=C(COc1cccc(Cl)c1)N1CCC2(CCNCC2)CC1. The molecule has 1 aromatic rings. The lowest BCUT2D eigenvalue weighted by molar-refractivity contribution is -0.136. The monoisotopic (exact) mass is 358 g/mol. The third kappa shape index (κ3) is 4.75. The van der Waals surface area contributed by atoms with Crippen molar-refractivity contribution >= 4 is 29.9 Å². The largest absolute Gasteiger partial charge is 0.484 e. The van der Waals surface area contributed by atoms with Crippen LogP contribution in [0.15, 0.2) is 24.3 Å². The summed E-state index contributed by atoms with van der Waals surface area (Å²) in [5, 5.41) is 4.04. The molecule has 23 heavy (non-hydrogen) atoms. The van der Waals surface area contributed by atoms with Gasteiger partial charge in [-0.15, -0.1) is 12.4 Å². The van der Waals surface area contributed by atoms with Gasteiger partial charge in [-0.3, -0.25) is 4.79 Å². The molecule has 0 aromatic heterocycles. The van der Waals surface area contributed by atoms with E-state index in [-0.39, 0.29) is 24.9 Å². The van der Waals surface area contributed by atoms with Crippen molar-refractivity contribution < 1.29 is 9.53 Å². The first-order valence-corrected chi connectivity index (χ1v) is 8.42. The highest BCUT2D eigenvalue weighted by molar-refractivity contribution is 6.30. The first-order chi connectivity index (χ1) is 10.7. The molecule has 0 radical (unpaired) electrons. The topological polar surface area (TPSA) is 41.6 Å². The summed E-state index contributed by atoms with van der Waals surface area (Å²) in [5.74, 6) is 0.719. The lowest BCUT2D eigenvalue weighted by Gasteiger charge is -2.44. The zero-order chi connectivity index (χ0) is 15.4. The van der Waals surface area contributed by atoms with Crippen LogP contribution in [0, 0.1) is 5.41 Å². The molecule has 2 fully saturated rings. The molecule has 1 N–H and O–H groups in total. The molecule has 1 spiro atoms. The highest BCUT2D eigenvalue weighted by Gasteiger charge is 2.36. The number of likely N-dealkylation sites (tertiary alicyclic amines) is 1. The number of piperidine rings is 2. The quantitative estimate of drug-likeness (QED) is 0.902. The summed E-state index contributed by atoms with van der Waals surface area (Å²) in [4.78, 5) is 14.2. The normalized spacial score (nSPS) is 20.0. The molecule has 2 aliphatic rings. The summed E-state index contributed by atoms with van der Waals surface area (Å²) < 4.78 is 5.55. The zero-order valence-corrected chi connectivity index (χ0v) is 14.8. The lowest BCUT2D eigenvalue weighted by atomic mass is 9.71. The molecule has 2 saturated heterocycles. The van der Waals surface area contributed by atoms with Crippen molar-refractivity contribution in [3.8, 4) is 5.75 Å². The highest BCUT2D eigenvalue weighted by atomic mass is 35.5. The number of carbonyl (C=O) groups excluding carboxylic acids is 1. The van der Waals surface area contributed by atoms with E-state index in [1.807, 2.05) is 17.0 Å². The van der Waals surface area contributed by atoms with E-state index < -0.39 is 0 Å². The maximum Gasteiger partial charge on any atom is 0.260 e. The van der Waals surface area contributed by atoms with Crippen LogP contribution in [0.2, 0.25) is 5.02 Å². The molecule has 0 bridgehead atoms. The van der Waals surface area contributed by atoms with E-state index in [4.69, 9.17) is 16.3 Å². The second-order valence-corrected chi connectivity index (χ2v) is 6.81. The number of nitrogens with zero attached hydrogens (tertiary/aromatic N) is 1. The molecule has 1 amide bonds. The van der Waals surface area contributed by atoms with E-state index in [1.165, 1.54) is 12.8 Å². The molecule has 1 aromatic carbocycles. The standard InChI is InChI=1S/C17H23ClN2O2.ClH/c18-14-2-1-3-15(12-14)22-13-16(21)20-10-6-17(7-11-20)4-8-19-9-5-17;/h1-3,12,19H,4-11,13H2;1H. The molecule has 0 atom stereocenters. The lowest BCUT2D eigenvalue weighted by Crippen LogP contribution is -2.48. The molecular weight excluding hydrogens is 335 g/mol. The minimum absolute atomic E-state index is 0. The number of halogens is 2. The van der Waals surface area contributed by atoms with Gasteiger partial charge < -0.3 is 15.0 Å². The molecule has 0 unspecified atom stereocenters. The van der Waals surface area contributed by atoms with Crippen molar-refractivity contribution in [3.05, 3.63) is 29.3 Å². The minimum Gasteiger partial charge on any atom is -0.484 e. The summed E-state index contributed by atoms with van der Waals surface area (Å²) in [7, 11) is 0. The van der Waals surface area contributed by atoms with Gasteiger partial charge in [-0.1, -0.05) is 17.7 Å². The van der Waals surface area contributed by atoms with Gasteiger partial charge in [0, 0.05) is 18.1 Å². The van der Waals surface area contributed by atoms with Crippen LogP contribution < -0.4 is 10.1 Å². The maximum absolute atomic E-state index is 12.3. The first-order valence-electron chi connectivity index (χ1n) is 8.04. The van der Waals surface area contributed by atoms with E-state index in [2.05, 4.69) is 5.32 Å². The molecule has 128 valence electrons. The number of benzene rings is 1. The van der Waals surface area contributed by atoms with Crippen LogP contribution in [-0.4, -0.2) is 43.6 Å². The van der Waals surface area contributed by atoms with E-state index in [1.54, 1.807) is 12.1 Å². The van der Waals surface area contributed by atoms with E-state index in [0.29, 0.717) is 16.2 Å². The Balaban J connectivity index is 0.00000192. The summed E-state index contributed by atoms with van der Waals surface area (Å²) in [6.07, 6.45) is 4.73. The van der Waals surface area contributed by atoms with Crippen molar-refractivity contribution in [2.45, 2.75) is 25.7 Å². The first kappa shape index (κ1) is 18.4. The number of hydrogen-bond acceptors (Lipinski definition) is 3. The Labute approximate surface area is 148 Å². The van der Waals surface area contributed by atoms with Crippen LogP contribution in [0.4, 0.5) is 0 Å². The molecule has 2 heterocycles. The fraction of sp³-hybridized carbons (Fsp3) is 0.588. The van der Waals surface area contributed by atoms with Gasteiger partial charge in [0.25, 0.3) is 5.91 Å². The van der Waals surface area contributed by atoms with E-state index in [9.17, 15) is 4.79 Å². The average molecular weight is 359 g/mol. The molecule has 3 rings (SSSR count). The predicted molar refractivity (Wildman–Crippen MR) is 94.5 cm³/mol. The van der Waals surface area contributed by atoms with Gasteiger partial charge in [0.05, 0.1) is 0 Å². The van der Waals surface area contributed by atoms with Crippen molar-refractivity contribution in [1.82, 2.24) is 10.2 Å². The summed E-state index contributed by atoms with van der Waals surface area (Å²) in [6.45, 7) is 4.04. The van der Waals surface area contributed by atoms with E-state index >= 15 is 0 Å². The van der Waals surface area contributed by atoms with Gasteiger partial charge in [0.15, 0.2) is 6.61 Å². The van der Waals surface area contributed by atoms with Crippen LogP contribution >= 0.6 is 24.0 Å². The number of hydrogen-bond donors (Lipinski definition) is 1. The molecule has 2 aliphatic heterocycles. The van der Waals surface area contributed by atoms with Crippen LogP contribution in [0.1, 0.15) is 25.7 Å². The van der Waals surface area contributed by atoms with Crippen molar-refractivity contribution in [3.63, 3.8) is 0 Å². The Morgan fingerprint density at radius 3 is 2.57 bits per heavy atom. The fourth-order valence-corrected chi connectivity index (χ4v) is 3.66. The smallest absolute Gasteiger partial charge is 0.260 e. The zero-order valence-electron chi connectivity index (χ0n) is 13.2. The Morgan fingerprint density at radius 2 is 1.91 bits per heavy atom. The van der Waals surface area contributed by atoms with Gasteiger partial charge in [-0.25, -0.2) is 0 Å². The van der Waals surface area contributed by atoms with Crippen molar-refractivity contribution in [2.24, 2.45) is 5.41 Å². The second-order valence-electron chi connectivity index (χ2n) is 6.38. The fourth-order valence-electron chi connectivity index (χ4n) is 3.48. The summed E-state index contributed by atoms with van der Waals surface area (Å²) >= 11 is 5.91. The maximum atomic E-state index is 12.3. The Hall–Kier alpha value is -0.970. The average Bonchev–Trinajstić information content (AvgIpc) is 2.54. The number of rotatable bonds is 3. The van der Waals surface area contributed by atoms with E-state index in [0.717, 1.165) is 39.0 Å². The van der Waals surface area contributed by atoms with Gasteiger partial charge in [-0.2, -0.15) is 0 Å². The summed E-state index contributed by atoms with van der Waals surface area (Å²) in [6, 6.07) is 7.16. The Kier molecular flexibility index (Phi) is 6.57. The second kappa shape index (κ2) is 8.22. The summed E-state index contributed by atoms with van der Waals surface area (Å²) in [5.41, 5.74) is 0.468. The molecule has 4 nitrogen and oxygen atoms in total. The minimum atomic E-state index is 0. The highest BCUT2D eigenvalue weighted by Crippen LogP contribution is 2.39. The third-order valence-electron chi connectivity index (χ3n) is 5.00. The third-order valence-corrected chi connectivity index (χ3v) is 5.23. The molecule has 6 heteroatoms. The van der Waals surface area contributed by atoms with Crippen LogP contribution in [-0.2, 0) is 4.79 Å². The van der Waals surface area contributed by atoms with Crippen LogP contribution in [0.5, 0.6) is 5.75 Å². The van der Waals surface area contributed by atoms with Gasteiger partial charge in [0.1, 0.15) is 5.75 Å². The number of amides is 1.